The van der Waals surface area contributed by atoms with E-state index in [9.17, 15) is 8.42 Å². The Morgan fingerprint density at radius 2 is 1.62 bits per heavy atom. The van der Waals surface area contributed by atoms with Crippen LogP contribution in [0.4, 0.5) is 0 Å². The van der Waals surface area contributed by atoms with Gasteiger partial charge < -0.3 is 4.74 Å². The molecule has 0 bridgehead atoms. The molecule has 16 heavy (non-hydrogen) atoms. The average Bonchev–Trinajstić information content (AvgIpc) is 2.21. The van der Waals surface area contributed by atoms with Gasteiger partial charge in [0.05, 0.1) is 11.9 Å². The molecule has 98 valence electrons. The smallest absolute Gasteiger partial charge is 0.232 e. The largest absolute Gasteiger partial charge is 0.378 e. The lowest BCUT2D eigenvalue weighted by molar-refractivity contribution is 0.0457. The van der Waals surface area contributed by atoms with Crippen molar-refractivity contribution in [3.8, 4) is 0 Å². The van der Waals surface area contributed by atoms with Gasteiger partial charge in [-0.05, 0) is 25.7 Å². The van der Waals surface area contributed by atoms with E-state index in [4.69, 9.17) is 15.4 Å². The average molecular weight is 271 g/mol. The van der Waals surface area contributed by atoms with Gasteiger partial charge in [0.1, 0.15) is 0 Å². The highest BCUT2D eigenvalue weighted by atomic mass is 35.7. The van der Waals surface area contributed by atoms with E-state index in [1.807, 2.05) is 0 Å². The van der Waals surface area contributed by atoms with Gasteiger partial charge in [0.15, 0.2) is 0 Å². The Hall–Kier alpha value is 0.200. The molecule has 0 radical (unpaired) electrons. The van der Waals surface area contributed by atoms with Crippen molar-refractivity contribution in [1.29, 1.82) is 0 Å². The molecule has 0 aromatic carbocycles. The van der Waals surface area contributed by atoms with Crippen molar-refractivity contribution in [2.24, 2.45) is 0 Å². The summed E-state index contributed by atoms with van der Waals surface area (Å²) in [5.41, 5.74) is 0. The molecule has 0 spiro atoms. The van der Waals surface area contributed by atoms with Gasteiger partial charge in [0.2, 0.25) is 9.05 Å². The van der Waals surface area contributed by atoms with E-state index < -0.39 is 9.05 Å². The molecule has 0 aliphatic rings. The third kappa shape index (κ3) is 10.7. The van der Waals surface area contributed by atoms with Crippen molar-refractivity contribution in [2.45, 2.75) is 58.5 Å². The molecule has 3 nitrogen and oxygen atoms in total. The van der Waals surface area contributed by atoms with Crippen molar-refractivity contribution in [3.63, 3.8) is 0 Å². The predicted molar refractivity (Wildman–Crippen MR) is 68.4 cm³/mol. The van der Waals surface area contributed by atoms with Crippen LogP contribution < -0.4 is 0 Å². The highest BCUT2D eigenvalue weighted by molar-refractivity contribution is 8.13. The molecule has 0 saturated carbocycles. The lowest BCUT2D eigenvalue weighted by Gasteiger charge is -2.13. The first-order chi connectivity index (χ1) is 7.49. The fourth-order valence-corrected chi connectivity index (χ4v) is 2.38. The summed E-state index contributed by atoms with van der Waals surface area (Å²) >= 11 is 0. The monoisotopic (exact) mass is 270 g/mol. The maximum atomic E-state index is 10.6. The maximum absolute atomic E-state index is 10.6. The van der Waals surface area contributed by atoms with Crippen LogP contribution in [-0.4, -0.2) is 26.9 Å². The van der Waals surface area contributed by atoms with E-state index in [0.29, 0.717) is 12.5 Å². The second kappa shape index (κ2) is 9.25. The molecular formula is C11H23ClO3S. The van der Waals surface area contributed by atoms with Gasteiger partial charge >= 0.3 is 0 Å². The number of unbranched alkanes of at least 4 members (excludes halogenated alkanes) is 3. The lowest BCUT2D eigenvalue weighted by atomic mass is 10.2. The van der Waals surface area contributed by atoms with E-state index >= 15 is 0 Å². The fourth-order valence-electron chi connectivity index (χ4n) is 1.50. The molecule has 0 fully saturated rings. The van der Waals surface area contributed by atoms with Crippen LogP contribution in [-0.2, 0) is 13.8 Å². The van der Waals surface area contributed by atoms with Crippen LogP contribution in [0.3, 0.4) is 0 Å². The molecule has 0 aliphatic heterocycles. The van der Waals surface area contributed by atoms with Crippen LogP contribution in [0.25, 0.3) is 0 Å². The second-order valence-electron chi connectivity index (χ2n) is 3.97. The Labute approximate surface area is 104 Å². The van der Waals surface area contributed by atoms with Gasteiger partial charge in [-0.15, -0.1) is 0 Å². The summed E-state index contributed by atoms with van der Waals surface area (Å²) in [6.07, 6.45) is 6.05. The van der Waals surface area contributed by atoms with Gasteiger partial charge in [-0.25, -0.2) is 8.42 Å². The molecule has 0 rings (SSSR count). The summed E-state index contributed by atoms with van der Waals surface area (Å²) in [5.74, 6) is 0.0853. The van der Waals surface area contributed by atoms with Crippen LogP contribution in [0.1, 0.15) is 52.4 Å². The van der Waals surface area contributed by atoms with E-state index in [1.165, 1.54) is 0 Å². The second-order valence-corrected chi connectivity index (χ2v) is 6.86. The fraction of sp³-hybridized carbons (Fsp3) is 1.00. The summed E-state index contributed by atoms with van der Waals surface area (Å²) in [6.45, 7) is 5.03. The van der Waals surface area contributed by atoms with Gasteiger partial charge in [-0.2, -0.15) is 0 Å². The summed E-state index contributed by atoms with van der Waals surface area (Å²) in [7, 11) is 1.80. The Kier molecular flexibility index (Phi) is 9.37. The Morgan fingerprint density at radius 3 is 2.12 bits per heavy atom. The summed E-state index contributed by atoms with van der Waals surface area (Å²) < 4.78 is 26.9. The normalized spacial score (nSPS) is 12.2. The molecule has 0 aliphatic carbocycles. The van der Waals surface area contributed by atoms with Crippen molar-refractivity contribution in [1.82, 2.24) is 0 Å². The van der Waals surface area contributed by atoms with Crippen LogP contribution in [0.15, 0.2) is 0 Å². The first-order valence-corrected chi connectivity index (χ1v) is 8.51. The van der Waals surface area contributed by atoms with E-state index in [-0.39, 0.29) is 5.75 Å². The zero-order valence-electron chi connectivity index (χ0n) is 10.2. The molecule has 0 aromatic heterocycles. The van der Waals surface area contributed by atoms with Crippen molar-refractivity contribution >= 4 is 19.7 Å². The topological polar surface area (TPSA) is 43.4 Å². The molecule has 0 unspecified atom stereocenters. The molecule has 5 heteroatoms. The number of rotatable bonds is 10. The minimum Gasteiger partial charge on any atom is -0.378 e. The standard InChI is InChI=1S/C11H23ClO3S/c1-3-11(4-2)15-9-7-5-6-8-10-16(12,13)14/h11H,3-10H2,1-2H3. The van der Waals surface area contributed by atoms with Crippen molar-refractivity contribution in [2.75, 3.05) is 12.4 Å². The lowest BCUT2D eigenvalue weighted by Crippen LogP contribution is -2.11. The third-order valence-electron chi connectivity index (χ3n) is 2.55. The predicted octanol–water partition coefficient (Wildman–Crippen LogP) is 3.32. The zero-order chi connectivity index (χ0) is 12.4. The first kappa shape index (κ1) is 16.2. The number of halogens is 1. The zero-order valence-corrected chi connectivity index (χ0v) is 11.8. The van der Waals surface area contributed by atoms with Gasteiger partial charge in [0, 0.05) is 17.3 Å². The summed E-state index contributed by atoms with van der Waals surface area (Å²) in [4.78, 5) is 0. The first-order valence-electron chi connectivity index (χ1n) is 6.03. The van der Waals surface area contributed by atoms with E-state index in [1.54, 1.807) is 0 Å². The van der Waals surface area contributed by atoms with Crippen LogP contribution in [0.5, 0.6) is 0 Å². The highest BCUT2D eigenvalue weighted by Crippen LogP contribution is 2.08. The number of hydrogen-bond donors (Lipinski definition) is 0. The molecule has 0 amide bonds. The summed E-state index contributed by atoms with van der Waals surface area (Å²) in [5, 5.41) is 0. The number of ether oxygens (including phenoxy) is 1. The van der Waals surface area contributed by atoms with Gasteiger partial charge in [-0.3, -0.25) is 0 Å². The minimum atomic E-state index is -3.30. The third-order valence-corrected chi connectivity index (χ3v) is 3.79. The molecule has 0 heterocycles. The Morgan fingerprint density at radius 1 is 1.06 bits per heavy atom. The maximum Gasteiger partial charge on any atom is 0.232 e. The summed E-state index contributed by atoms with van der Waals surface area (Å²) in [6, 6.07) is 0. The van der Waals surface area contributed by atoms with Crippen molar-refractivity contribution in [3.05, 3.63) is 0 Å². The molecule has 0 N–H and O–H groups in total. The minimum absolute atomic E-state index is 0.0853. The van der Waals surface area contributed by atoms with Crippen LogP contribution in [0.2, 0.25) is 0 Å². The Bertz CT molecular complexity index is 248. The van der Waals surface area contributed by atoms with Gasteiger partial charge in [-0.1, -0.05) is 26.7 Å². The van der Waals surface area contributed by atoms with Gasteiger partial charge in [0.25, 0.3) is 0 Å². The molecule has 0 saturated heterocycles. The van der Waals surface area contributed by atoms with Crippen molar-refractivity contribution < 1.29 is 13.2 Å². The molecule has 0 atom stereocenters. The molecule has 0 aromatic rings. The highest BCUT2D eigenvalue weighted by Gasteiger charge is 2.04. The van der Waals surface area contributed by atoms with Crippen LogP contribution in [0, 0.1) is 0 Å². The Balaban J connectivity index is 3.28. The van der Waals surface area contributed by atoms with E-state index in [0.717, 1.165) is 38.7 Å². The quantitative estimate of drug-likeness (QED) is 0.452. The van der Waals surface area contributed by atoms with E-state index in [2.05, 4.69) is 13.8 Å². The van der Waals surface area contributed by atoms with Crippen LogP contribution >= 0.6 is 10.7 Å². The SMILES string of the molecule is CCC(CC)OCCCCCCS(=O)(=O)Cl. The molecular weight excluding hydrogens is 248 g/mol. The number of hydrogen-bond acceptors (Lipinski definition) is 3.